The van der Waals surface area contributed by atoms with Crippen LogP contribution >= 0.6 is 0 Å². The maximum Gasteiger partial charge on any atom is 0.261 e. The normalized spacial score (nSPS) is 13.7. The second kappa shape index (κ2) is 25.3. The van der Waals surface area contributed by atoms with Gasteiger partial charge in [-0.05, 0) is 111 Å². The minimum Gasteiger partial charge on any atom is -0.396 e. The summed E-state index contributed by atoms with van der Waals surface area (Å²) in [4.78, 5) is 0. The van der Waals surface area contributed by atoms with Crippen molar-refractivity contribution in [1.29, 1.82) is 0 Å². The topological polar surface area (TPSA) is 104 Å². The molecule has 0 aromatic carbocycles. The number of ether oxygens (including phenoxy) is 1. The molecule has 0 heterocycles. The largest absolute Gasteiger partial charge is 0.396 e. The molecule has 0 spiro atoms. The minimum atomic E-state index is -3.67. The Bertz CT molecular complexity index is 681. The Morgan fingerprint density at radius 2 is 1.13 bits per heavy atom. The summed E-state index contributed by atoms with van der Waals surface area (Å²) in [6.45, 7) is 21.2. The van der Waals surface area contributed by atoms with E-state index < -0.39 is 10.1 Å². The van der Waals surface area contributed by atoms with Gasteiger partial charge < -0.3 is 14.9 Å². The molecule has 0 aliphatic heterocycles. The van der Waals surface area contributed by atoms with Crippen molar-refractivity contribution in [3.8, 4) is 0 Å². The summed E-state index contributed by atoms with van der Waals surface area (Å²) < 4.78 is 32.0. The molecule has 3 atom stereocenters. The van der Waals surface area contributed by atoms with E-state index in [1.165, 1.54) is 43.3 Å². The van der Waals surface area contributed by atoms with Crippen LogP contribution in [-0.2, 0) is 14.9 Å². The quantitative estimate of drug-likeness (QED) is 0.115. The molecule has 0 amide bonds. The van der Waals surface area contributed by atoms with Crippen molar-refractivity contribution in [2.24, 2.45) is 17.8 Å². The maximum atomic E-state index is 9.19. The van der Waals surface area contributed by atoms with Crippen molar-refractivity contribution in [2.45, 2.75) is 132 Å². The summed E-state index contributed by atoms with van der Waals surface area (Å²) in [5, 5.41) is 17.6. The molecule has 230 valence electrons. The van der Waals surface area contributed by atoms with Crippen molar-refractivity contribution >= 4 is 10.1 Å². The number of hydrogen-bond acceptors (Lipinski definition) is 5. The van der Waals surface area contributed by atoms with Gasteiger partial charge in [-0.25, -0.2) is 0 Å². The van der Waals surface area contributed by atoms with Crippen LogP contribution in [0.2, 0.25) is 0 Å². The van der Waals surface area contributed by atoms with Crippen LogP contribution in [0.4, 0.5) is 0 Å². The van der Waals surface area contributed by atoms with Crippen molar-refractivity contribution in [2.75, 3.05) is 26.1 Å². The van der Waals surface area contributed by atoms with Gasteiger partial charge in [0.1, 0.15) is 0 Å². The molecule has 6 nitrogen and oxygen atoms in total. The van der Waals surface area contributed by atoms with E-state index in [2.05, 4.69) is 74.5 Å². The number of hydrogen-bond donors (Lipinski definition) is 3. The molecular weight excluding hydrogens is 500 g/mol. The van der Waals surface area contributed by atoms with Gasteiger partial charge in [-0.15, -0.1) is 0 Å². The van der Waals surface area contributed by atoms with Gasteiger partial charge in [0.2, 0.25) is 0 Å². The van der Waals surface area contributed by atoms with Gasteiger partial charge >= 0.3 is 0 Å². The zero-order valence-corrected chi connectivity index (χ0v) is 27.4. The first kappa shape index (κ1) is 41.7. The number of rotatable bonds is 18. The highest BCUT2D eigenvalue weighted by atomic mass is 32.2. The molecule has 0 aliphatic rings. The Hall–Kier alpha value is -0.730. The third-order valence-electron chi connectivity index (χ3n) is 6.25. The van der Waals surface area contributed by atoms with Crippen molar-refractivity contribution in [1.82, 2.24) is 0 Å². The summed E-state index contributed by atoms with van der Waals surface area (Å²) >= 11 is 0. The smallest absolute Gasteiger partial charge is 0.261 e. The minimum absolute atomic E-state index is 0.0153. The van der Waals surface area contributed by atoms with Crippen LogP contribution in [-0.4, -0.2) is 54.9 Å². The zero-order valence-electron chi connectivity index (χ0n) is 26.6. The van der Waals surface area contributed by atoms with E-state index in [0.29, 0.717) is 31.3 Å². The highest BCUT2D eigenvalue weighted by Gasteiger charge is 2.18. The average molecular weight is 565 g/mol. The van der Waals surface area contributed by atoms with Gasteiger partial charge in [0.15, 0.2) is 0 Å². The lowest BCUT2D eigenvalue weighted by atomic mass is 9.95. The molecule has 0 saturated carbocycles. The molecular formula is C31H64O6S. The molecule has 0 aliphatic carbocycles. The highest BCUT2D eigenvalue weighted by Crippen LogP contribution is 2.22. The van der Waals surface area contributed by atoms with Gasteiger partial charge in [-0.1, -0.05) is 56.9 Å². The Labute approximate surface area is 237 Å². The lowest BCUT2D eigenvalue weighted by Crippen LogP contribution is -2.25. The number of aliphatic hydroxyl groups is 2. The molecule has 0 rings (SSSR count). The van der Waals surface area contributed by atoms with Crippen LogP contribution in [0.3, 0.4) is 0 Å². The summed E-state index contributed by atoms with van der Waals surface area (Å²) in [7, 11) is -3.67. The molecule has 3 unspecified atom stereocenters. The maximum absolute atomic E-state index is 9.19. The first-order valence-electron chi connectivity index (χ1n) is 14.5. The predicted octanol–water partition coefficient (Wildman–Crippen LogP) is 8.00. The Kier molecular flexibility index (Phi) is 27.7. The summed E-state index contributed by atoms with van der Waals surface area (Å²) in [5.74, 6) is 2.02. The molecule has 0 bridgehead atoms. The van der Waals surface area contributed by atoms with E-state index in [1.807, 2.05) is 0 Å². The Morgan fingerprint density at radius 1 is 0.763 bits per heavy atom. The fourth-order valence-corrected chi connectivity index (χ4v) is 3.67. The number of aliphatic hydroxyl groups excluding tert-OH is 2. The Balaban J connectivity index is -0.000000631. The van der Waals surface area contributed by atoms with Crippen molar-refractivity contribution in [3.05, 3.63) is 23.3 Å². The van der Waals surface area contributed by atoms with Crippen LogP contribution in [0.25, 0.3) is 0 Å². The van der Waals surface area contributed by atoms with Gasteiger partial charge in [0.25, 0.3) is 10.1 Å². The van der Waals surface area contributed by atoms with Crippen LogP contribution in [0.15, 0.2) is 23.3 Å². The molecule has 3 N–H and O–H groups in total. The van der Waals surface area contributed by atoms with Crippen molar-refractivity contribution < 1.29 is 27.9 Å². The SMILES string of the molecule is CC(C)=CCCC(C)CCO.CC(C)=CCCC(C)CCOC(C)(C)CCCC(C)CCO.CS(=O)(=O)O. The molecule has 0 saturated heterocycles. The van der Waals surface area contributed by atoms with Crippen LogP contribution in [0, 0.1) is 17.8 Å². The lowest BCUT2D eigenvalue weighted by molar-refractivity contribution is -0.0306. The number of allylic oxidation sites excluding steroid dienone is 4. The summed E-state index contributed by atoms with van der Waals surface area (Å²) in [6.07, 6.45) is 16.6. The third-order valence-corrected chi connectivity index (χ3v) is 6.25. The molecule has 0 aromatic rings. The van der Waals surface area contributed by atoms with Gasteiger partial charge in [0.05, 0.1) is 11.9 Å². The van der Waals surface area contributed by atoms with E-state index >= 15 is 0 Å². The molecule has 38 heavy (non-hydrogen) atoms. The van der Waals surface area contributed by atoms with E-state index in [-0.39, 0.29) is 5.60 Å². The van der Waals surface area contributed by atoms with E-state index in [9.17, 15) is 8.42 Å². The Morgan fingerprint density at radius 3 is 1.50 bits per heavy atom. The third kappa shape index (κ3) is 42.4. The van der Waals surface area contributed by atoms with Crippen molar-refractivity contribution in [3.63, 3.8) is 0 Å². The van der Waals surface area contributed by atoms with E-state index in [4.69, 9.17) is 19.5 Å². The van der Waals surface area contributed by atoms with Gasteiger partial charge in [-0.3, -0.25) is 4.55 Å². The zero-order chi connectivity index (χ0) is 30.2. The molecule has 0 aromatic heterocycles. The molecule has 7 heteroatoms. The standard InChI is InChI=1S/C20H40O2.C10H20O.CH4O3S/c1-17(2)9-7-10-19(4)13-16-22-20(5,6)14-8-11-18(3)12-15-21;1-9(2)5-4-6-10(3)7-8-11;1-5(2,3)4/h9,18-19,21H,7-8,10-16H2,1-6H3;5,10-11H,4,6-8H2,1-3H3;1H3,(H,2,3,4). The first-order valence-corrected chi connectivity index (χ1v) is 16.3. The van der Waals surface area contributed by atoms with Crippen LogP contribution < -0.4 is 0 Å². The van der Waals surface area contributed by atoms with Crippen LogP contribution in [0.1, 0.15) is 127 Å². The summed E-state index contributed by atoms with van der Waals surface area (Å²) in [6, 6.07) is 0. The summed E-state index contributed by atoms with van der Waals surface area (Å²) in [5.41, 5.74) is 2.79. The predicted molar refractivity (Wildman–Crippen MR) is 164 cm³/mol. The van der Waals surface area contributed by atoms with Gasteiger partial charge in [-0.2, -0.15) is 8.42 Å². The van der Waals surface area contributed by atoms with Gasteiger partial charge in [0, 0.05) is 19.8 Å². The second-order valence-electron chi connectivity index (χ2n) is 12.1. The molecule has 0 radical (unpaired) electrons. The molecule has 0 fully saturated rings. The average Bonchev–Trinajstić information content (AvgIpc) is 2.72. The lowest BCUT2D eigenvalue weighted by Gasteiger charge is -2.26. The van der Waals surface area contributed by atoms with Crippen LogP contribution in [0.5, 0.6) is 0 Å². The fraction of sp³-hybridized carbons (Fsp3) is 0.871. The first-order chi connectivity index (χ1) is 17.4. The monoisotopic (exact) mass is 564 g/mol. The highest BCUT2D eigenvalue weighted by molar-refractivity contribution is 7.85. The van der Waals surface area contributed by atoms with E-state index in [0.717, 1.165) is 44.6 Å². The van der Waals surface area contributed by atoms with E-state index in [1.54, 1.807) is 0 Å². The fourth-order valence-electron chi connectivity index (χ4n) is 3.67. The second-order valence-corrected chi connectivity index (χ2v) is 13.5.